The van der Waals surface area contributed by atoms with Crippen molar-refractivity contribution in [3.8, 4) is 11.5 Å². The highest BCUT2D eigenvalue weighted by atomic mass is 16.5. The zero-order chi connectivity index (χ0) is 19.4. The van der Waals surface area contributed by atoms with Gasteiger partial charge in [-0.05, 0) is 43.7 Å². The van der Waals surface area contributed by atoms with Gasteiger partial charge in [0.05, 0.1) is 6.61 Å². The first-order chi connectivity index (χ1) is 12.5. The van der Waals surface area contributed by atoms with Crippen LogP contribution in [0.25, 0.3) is 0 Å². The van der Waals surface area contributed by atoms with Gasteiger partial charge >= 0.3 is 5.97 Å². The number of phenols is 2. The van der Waals surface area contributed by atoms with Gasteiger partial charge < -0.3 is 14.9 Å². The number of allylic oxidation sites excluding steroid dienone is 1. The molecule has 0 aliphatic carbocycles. The number of rotatable bonds is 7. The Labute approximate surface area is 155 Å². The minimum Gasteiger partial charge on any atom is -0.508 e. The maximum atomic E-state index is 11.9. The summed E-state index contributed by atoms with van der Waals surface area (Å²) in [5.41, 5.74) is 0.757. The van der Waals surface area contributed by atoms with Gasteiger partial charge in [0.2, 0.25) is 0 Å². The van der Waals surface area contributed by atoms with Crippen LogP contribution in [0.15, 0.2) is 61.2 Å². The Hall–Kier alpha value is -2.75. The van der Waals surface area contributed by atoms with E-state index in [1.165, 1.54) is 6.07 Å². The molecule has 0 aromatic heterocycles. The van der Waals surface area contributed by atoms with Crippen molar-refractivity contribution in [2.24, 2.45) is 5.92 Å². The molecule has 0 aliphatic rings. The molecule has 0 radical (unpaired) electrons. The van der Waals surface area contributed by atoms with Gasteiger partial charge in [-0.2, -0.15) is 0 Å². The van der Waals surface area contributed by atoms with E-state index >= 15 is 0 Å². The fraction of sp³-hybridized carbons (Fsp3) is 0.318. The van der Waals surface area contributed by atoms with Crippen molar-refractivity contribution >= 4 is 5.97 Å². The number of phenolic OH excluding ortho intramolecular Hbond substituents is 2. The second kappa shape index (κ2) is 11.7. The van der Waals surface area contributed by atoms with Crippen molar-refractivity contribution in [3.05, 3.63) is 72.3 Å². The second-order valence-electron chi connectivity index (χ2n) is 6.05. The number of benzene rings is 2. The molecule has 0 aliphatic heterocycles. The molecule has 2 N–H and O–H groups in total. The van der Waals surface area contributed by atoms with Crippen LogP contribution in [-0.2, 0) is 11.2 Å². The average molecular weight is 356 g/mol. The summed E-state index contributed by atoms with van der Waals surface area (Å²) >= 11 is 0. The van der Waals surface area contributed by atoms with E-state index in [-0.39, 0.29) is 23.7 Å². The van der Waals surface area contributed by atoms with Crippen LogP contribution in [0, 0.1) is 5.92 Å². The Kier molecular flexibility index (Phi) is 9.62. The minimum atomic E-state index is -0.559. The zero-order valence-corrected chi connectivity index (χ0v) is 15.5. The summed E-state index contributed by atoms with van der Waals surface area (Å²) in [7, 11) is 0. The molecule has 26 heavy (non-hydrogen) atoms. The Bertz CT molecular complexity index is 653. The van der Waals surface area contributed by atoms with Gasteiger partial charge in [0, 0.05) is 6.07 Å². The van der Waals surface area contributed by atoms with E-state index in [9.17, 15) is 15.0 Å². The van der Waals surface area contributed by atoms with E-state index in [0.29, 0.717) is 17.9 Å². The molecule has 1 unspecified atom stereocenters. The predicted molar refractivity (Wildman–Crippen MR) is 104 cm³/mol. The molecule has 0 heterocycles. The van der Waals surface area contributed by atoms with E-state index in [2.05, 4.69) is 13.5 Å². The van der Waals surface area contributed by atoms with Crippen molar-refractivity contribution in [3.63, 3.8) is 0 Å². The number of carbonyl (C=O) groups excluding carboxylic acids is 1. The Balaban J connectivity index is 0.000000472. The Morgan fingerprint density at radius 1 is 1.15 bits per heavy atom. The van der Waals surface area contributed by atoms with Gasteiger partial charge in [0.1, 0.15) is 17.1 Å². The molecule has 140 valence electrons. The van der Waals surface area contributed by atoms with E-state index in [0.717, 1.165) is 18.9 Å². The molecule has 0 amide bonds. The quantitative estimate of drug-likeness (QED) is 0.535. The lowest BCUT2D eigenvalue weighted by Crippen LogP contribution is -2.11. The molecular weight excluding hydrogens is 328 g/mol. The van der Waals surface area contributed by atoms with Crippen molar-refractivity contribution in [1.29, 1.82) is 0 Å². The van der Waals surface area contributed by atoms with Crippen LogP contribution in [0.5, 0.6) is 11.5 Å². The van der Waals surface area contributed by atoms with Gasteiger partial charge in [-0.15, -0.1) is 6.58 Å². The molecular formula is C22H28O4. The monoisotopic (exact) mass is 356 g/mol. The SMILES string of the molecule is C=CCCC(C)Cc1cc(O)cc(O)c1C(=O)OCC.c1ccccc1. The zero-order valence-electron chi connectivity index (χ0n) is 15.5. The smallest absolute Gasteiger partial charge is 0.342 e. The van der Waals surface area contributed by atoms with Crippen LogP contribution >= 0.6 is 0 Å². The standard InChI is InChI=1S/C16H22O4.C6H6/c1-4-6-7-11(3)8-12-9-13(17)10-14(18)15(12)16(19)20-5-2;1-2-4-6-5-3-1/h4,9-11,17-18H,1,5-8H2,2-3H3;1-6H. The minimum absolute atomic E-state index is 0.0542. The lowest BCUT2D eigenvalue weighted by atomic mass is 9.93. The third-order valence-electron chi connectivity index (χ3n) is 3.76. The van der Waals surface area contributed by atoms with Crippen molar-refractivity contribution < 1.29 is 19.7 Å². The number of esters is 1. The average Bonchev–Trinajstić information content (AvgIpc) is 2.61. The van der Waals surface area contributed by atoms with Gasteiger partial charge in [0.25, 0.3) is 0 Å². The lowest BCUT2D eigenvalue weighted by Gasteiger charge is -2.15. The summed E-state index contributed by atoms with van der Waals surface area (Å²) in [5, 5.41) is 19.5. The van der Waals surface area contributed by atoms with Gasteiger partial charge in [-0.1, -0.05) is 49.4 Å². The van der Waals surface area contributed by atoms with E-state index in [1.54, 1.807) is 6.92 Å². The molecule has 2 aromatic carbocycles. The van der Waals surface area contributed by atoms with E-state index in [1.807, 2.05) is 42.5 Å². The molecule has 4 heteroatoms. The van der Waals surface area contributed by atoms with Crippen molar-refractivity contribution in [1.82, 2.24) is 0 Å². The fourth-order valence-corrected chi connectivity index (χ4v) is 2.53. The highest BCUT2D eigenvalue weighted by molar-refractivity contribution is 5.94. The summed E-state index contributed by atoms with van der Waals surface area (Å²) in [5.74, 6) is -0.547. The summed E-state index contributed by atoms with van der Waals surface area (Å²) in [6.07, 6.45) is 4.26. The molecule has 0 saturated carbocycles. The van der Waals surface area contributed by atoms with Crippen LogP contribution in [0.1, 0.15) is 42.6 Å². The maximum Gasteiger partial charge on any atom is 0.342 e. The van der Waals surface area contributed by atoms with E-state index < -0.39 is 5.97 Å². The topological polar surface area (TPSA) is 66.8 Å². The highest BCUT2D eigenvalue weighted by Gasteiger charge is 2.20. The van der Waals surface area contributed by atoms with Crippen LogP contribution in [0.2, 0.25) is 0 Å². The second-order valence-corrected chi connectivity index (χ2v) is 6.05. The number of aromatic hydroxyl groups is 2. The van der Waals surface area contributed by atoms with Crippen LogP contribution < -0.4 is 0 Å². The Morgan fingerprint density at radius 2 is 1.73 bits per heavy atom. The first kappa shape index (κ1) is 21.3. The summed E-state index contributed by atoms with van der Waals surface area (Å²) in [6, 6.07) is 14.7. The van der Waals surface area contributed by atoms with Gasteiger partial charge in [0.15, 0.2) is 0 Å². The maximum absolute atomic E-state index is 11.9. The number of ether oxygens (including phenoxy) is 1. The van der Waals surface area contributed by atoms with Crippen LogP contribution in [-0.4, -0.2) is 22.8 Å². The normalized spacial score (nSPS) is 11.0. The number of hydrogen-bond donors (Lipinski definition) is 2. The van der Waals surface area contributed by atoms with Gasteiger partial charge in [-0.25, -0.2) is 4.79 Å². The number of hydrogen-bond acceptors (Lipinski definition) is 4. The number of carbonyl (C=O) groups is 1. The molecule has 1 atom stereocenters. The molecule has 0 bridgehead atoms. The largest absolute Gasteiger partial charge is 0.508 e. The Morgan fingerprint density at radius 3 is 2.23 bits per heavy atom. The molecule has 0 saturated heterocycles. The molecule has 2 rings (SSSR count). The predicted octanol–water partition coefficient (Wildman–Crippen LogP) is 5.11. The molecule has 2 aromatic rings. The highest BCUT2D eigenvalue weighted by Crippen LogP contribution is 2.30. The molecule has 0 fully saturated rings. The first-order valence-electron chi connectivity index (χ1n) is 8.82. The molecule has 0 spiro atoms. The van der Waals surface area contributed by atoms with E-state index in [4.69, 9.17) is 4.74 Å². The fourth-order valence-electron chi connectivity index (χ4n) is 2.53. The summed E-state index contributed by atoms with van der Waals surface area (Å²) in [6.45, 7) is 7.69. The third-order valence-corrected chi connectivity index (χ3v) is 3.76. The summed E-state index contributed by atoms with van der Waals surface area (Å²) in [4.78, 5) is 11.9. The van der Waals surface area contributed by atoms with Gasteiger partial charge in [-0.3, -0.25) is 0 Å². The first-order valence-corrected chi connectivity index (χ1v) is 8.82. The van der Waals surface area contributed by atoms with Crippen LogP contribution in [0.3, 0.4) is 0 Å². The third kappa shape index (κ3) is 7.43. The van der Waals surface area contributed by atoms with Crippen LogP contribution in [0.4, 0.5) is 0 Å². The lowest BCUT2D eigenvalue weighted by molar-refractivity contribution is 0.0521. The van der Waals surface area contributed by atoms with Crippen molar-refractivity contribution in [2.75, 3.05) is 6.61 Å². The van der Waals surface area contributed by atoms with Crippen molar-refractivity contribution in [2.45, 2.75) is 33.1 Å². The molecule has 4 nitrogen and oxygen atoms in total. The summed E-state index contributed by atoms with van der Waals surface area (Å²) < 4.78 is 4.96.